The summed E-state index contributed by atoms with van der Waals surface area (Å²) in [5, 5.41) is 7.81. The van der Waals surface area contributed by atoms with Gasteiger partial charge in [0, 0.05) is 5.92 Å². The van der Waals surface area contributed by atoms with Gasteiger partial charge in [-0.2, -0.15) is 4.52 Å². The van der Waals surface area contributed by atoms with Crippen LogP contribution in [0, 0.1) is 5.92 Å². The summed E-state index contributed by atoms with van der Waals surface area (Å²) in [4.78, 5) is 16.5. The van der Waals surface area contributed by atoms with Gasteiger partial charge in [-0.1, -0.05) is 18.2 Å². The number of pyridine rings is 1. The number of carbonyl (C=O) groups excluding carboxylic acids is 1. The summed E-state index contributed by atoms with van der Waals surface area (Å²) >= 11 is 0. The van der Waals surface area contributed by atoms with Gasteiger partial charge in [0.05, 0.1) is 19.2 Å². The van der Waals surface area contributed by atoms with E-state index in [1.807, 2.05) is 42.5 Å². The largest absolute Gasteiger partial charge is 0.495 e. The lowest BCUT2D eigenvalue weighted by Gasteiger charge is -2.11. The molecule has 24 heavy (non-hydrogen) atoms. The van der Waals surface area contributed by atoms with Crippen molar-refractivity contribution in [2.24, 2.45) is 5.92 Å². The van der Waals surface area contributed by atoms with Crippen molar-refractivity contribution in [1.29, 1.82) is 0 Å². The first kappa shape index (κ1) is 14.7. The highest BCUT2D eigenvalue weighted by Gasteiger charge is 2.30. The first-order chi connectivity index (χ1) is 11.7. The number of Topliss-reactive ketones (excluding diaryl/α,β-unsaturated/α-hetero) is 1. The Morgan fingerprint density at radius 3 is 2.88 bits per heavy atom. The molecule has 0 radical (unpaired) electrons. The number of nitrogens with one attached hydrogen (secondary N) is 1. The van der Waals surface area contributed by atoms with Crippen LogP contribution >= 0.6 is 0 Å². The lowest BCUT2D eigenvalue weighted by molar-refractivity contribution is -0.119. The van der Waals surface area contributed by atoms with E-state index in [4.69, 9.17) is 4.74 Å². The molecule has 0 bridgehead atoms. The van der Waals surface area contributed by atoms with Gasteiger partial charge < -0.3 is 10.1 Å². The number of methoxy groups -OCH3 is 1. The van der Waals surface area contributed by atoms with Crippen molar-refractivity contribution in [3.8, 4) is 5.75 Å². The molecule has 0 saturated heterocycles. The van der Waals surface area contributed by atoms with E-state index in [0.717, 1.165) is 30.1 Å². The molecule has 1 aliphatic rings. The molecule has 1 saturated carbocycles. The van der Waals surface area contributed by atoms with E-state index in [-0.39, 0.29) is 11.7 Å². The van der Waals surface area contributed by atoms with Crippen molar-refractivity contribution in [3.05, 3.63) is 48.3 Å². The fraction of sp³-hybridized carbons (Fsp3) is 0.278. The molecule has 1 aromatic carbocycles. The van der Waals surface area contributed by atoms with Gasteiger partial charge in [-0.3, -0.25) is 4.79 Å². The average Bonchev–Trinajstić information content (AvgIpc) is 3.36. The van der Waals surface area contributed by atoms with Crippen LogP contribution in [-0.2, 0) is 11.2 Å². The highest BCUT2D eigenvalue weighted by atomic mass is 16.5. The molecular formula is C18H18N4O2. The number of rotatable bonds is 6. The summed E-state index contributed by atoms with van der Waals surface area (Å²) in [5.41, 5.74) is 1.56. The van der Waals surface area contributed by atoms with Gasteiger partial charge in [0.25, 0.3) is 0 Å². The maximum Gasteiger partial charge on any atom is 0.159 e. The summed E-state index contributed by atoms with van der Waals surface area (Å²) in [5.74, 6) is 2.56. The predicted molar refractivity (Wildman–Crippen MR) is 90.7 cm³/mol. The smallest absolute Gasteiger partial charge is 0.159 e. The van der Waals surface area contributed by atoms with Gasteiger partial charge in [0.15, 0.2) is 11.5 Å². The minimum atomic E-state index is 0.225. The van der Waals surface area contributed by atoms with Crippen LogP contribution in [0.2, 0.25) is 0 Å². The zero-order valence-corrected chi connectivity index (χ0v) is 13.4. The fourth-order valence-electron chi connectivity index (χ4n) is 2.71. The molecule has 2 heterocycles. The molecule has 1 fully saturated rings. The lowest BCUT2D eigenvalue weighted by atomic mass is 10.2. The van der Waals surface area contributed by atoms with Crippen molar-refractivity contribution >= 4 is 22.9 Å². The SMILES string of the molecule is COc1ccccc1Nc1cccc2nc(CC(=O)C3CC3)nn12. The molecule has 2 aromatic heterocycles. The number of fused-ring (bicyclic) bond motifs is 1. The Morgan fingerprint density at radius 1 is 1.25 bits per heavy atom. The Labute approximate surface area is 139 Å². The average molecular weight is 322 g/mol. The van der Waals surface area contributed by atoms with Crippen LogP contribution in [0.1, 0.15) is 18.7 Å². The Morgan fingerprint density at radius 2 is 2.08 bits per heavy atom. The molecule has 0 spiro atoms. The van der Waals surface area contributed by atoms with Crippen molar-refractivity contribution in [2.75, 3.05) is 12.4 Å². The number of carbonyl (C=O) groups is 1. The van der Waals surface area contributed by atoms with Crippen LogP contribution in [0.15, 0.2) is 42.5 Å². The van der Waals surface area contributed by atoms with Gasteiger partial charge in [-0.05, 0) is 37.1 Å². The Hall–Kier alpha value is -2.89. The second-order valence-corrected chi connectivity index (χ2v) is 5.95. The second-order valence-electron chi connectivity index (χ2n) is 5.95. The zero-order valence-electron chi connectivity index (χ0n) is 13.4. The van der Waals surface area contributed by atoms with Crippen LogP contribution in [-0.4, -0.2) is 27.5 Å². The van der Waals surface area contributed by atoms with Crippen LogP contribution in [0.4, 0.5) is 11.5 Å². The van der Waals surface area contributed by atoms with Crippen LogP contribution in [0.3, 0.4) is 0 Å². The third-order valence-electron chi connectivity index (χ3n) is 4.14. The Balaban J connectivity index is 1.65. The van der Waals surface area contributed by atoms with Gasteiger partial charge in [-0.25, -0.2) is 4.98 Å². The second kappa shape index (κ2) is 5.96. The quantitative estimate of drug-likeness (QED) is 0.755. The van der Waals surface area contributed by atoms with Gasteiger partial charge in [-0.15, -0.1) is 5.10 Å². The molecule has 6 nitrogen and oxygen atoms in total. The topological polar surface area (TPSA) is 68.5 Å². The maximum absolute atomic E-state index is 12.0. The van der Waals surface area contributed by atoms with Crippen LogP contribution in [0.5, 0.6) is 5.75 Å². The van der Waals surface area contributed by atoms with E-state index < -0.39 is 0 Å². The third-order valence-corrected chi connectivity index (χ3v) is 4.14. The van der Waals surface area contributed by atoms with E-state index >= 15 is 0 Å². The molecule has 0 aliphatic heterocycles. The Bertz CT molecular complexity index is 899. The monoisotopic (exact) mass is 322 g/mol. The van der Waals surface area contributed by atoms with Gasteiger partial charge in [0.2, 0.25) is 0 Å². The molecule has 4 rings (SSSR count). The number of para-hydroxylation sites is 2. The van der Waals surface area contributed by atoms with E-state index in [1.165, 1.54) is 0 Å². The predicted octanol–water partition coefficient (Wildman–Crippen LogP) is 3.00. The standard InChI is InChI=1S/C18H18N4O2/c1-24-15-6-3-2-5-13(15)19-17-7-4-8-18-20-16(21-22(17)18)11-14(23)12-9-10-12/h2-8,12,19H,9-11H2,1H3. The normalized spacial score (nSPS) is 13.9. The maximum atomic E-state index is 12.0. The van der Waals surface area contributed by atoms with Crippen molar-refractivity contribution in [2.45, 2.75) is 19.3 Å². The van der Waals surface area contributed by atoms with Gasteiger partial charge in [0.1, 0.15) is 17.4 Å². The first-order valence-corrected chi connectivity index (χ1v) is 8.02. The molecule has 1 aliphatic carbocycles. The summed E-state index contributed by atoms with van der Waals surface area (Å²) < 4.78 is 7.09. The van der Waals surface area contributed by atoms with Crippen molar-refractivity contribution in [1.82, 2.24) is 14.6 Å². The molecule has 0 atom stereocenters. The molecule has 3 aromatic rings. The lowest BCUT2D eigenvalue weighted by Crippen LogP contribution is -2.06. The molecule has 1 N–H and O–H groups in total. The number of nitrogens with zero attached hydrogens (tertiary/aromatic N) is 3. The number of aromatic nitrogens is 3. The minimum absolute atomic E-state index is 0.225. The molecule has 6 heteroatoms. The Kier molecular flexibility index (Phi) is 3.65. The molecular weight excluding hydrogens is 304 g/mol. The van der Waals surface area contributed by atoms with E-state index in [1.54, 1.807) is 11.6 Å². The van der Waals surface area contributed by atoms with Crippen molar-refractivity contribution in [3.63, 3.8) is 0 Å². The number of ether oxygens (including phenoxy) is 1. The van der Waals surface area contributed by atoms with Crippen molar-refractivity contribution < 1.29 is 9.53 Å². The number of anilines is 2. The van der Waals surface area contributed by atoms with Crippen LogP contribution < -0.4 is 10.1 Å². The number of hydrogen-bond donors (Lipinski definition) is 1. The third kappa shape index (κ3) is 2.82. The highest BCUT2D eigenvalue weighted by Crippen LogP contribution is 2.31. The number of ketones is 1. The first-order valence-electron chi connectivity index (χ1n) is 8.02. The highest BCUT2D eigenvalue weighted by molar-refractivity contribution is 5.84. The zero-order chi connectivity index (χ0) is 16.5. The summed E-state index contributed by atoms with van der Waals surface area (Å²) in [6.07, 6.45) is 2.32. The number of benzene rings is 1. The summed E-state index contributed by atoms with van der Waals surface area (Å²) in [7, 11) is 1.64. The summed E-state index contributed by atoms with van der Waals surface area (Å²) in [6.45, 7) is 0. The molecule has 122 valence electrons. The molecule has 0 amide bonds. The minimum Gasteiger partial charge on any atom is -0.495 e. The van der Waals surface area contributed by atoms with E-state index in [9.17, 15) is 4.79 Å². The van der Waals surface area contributed by atoms with Gasteiger partial charge >= 0.3 is 0 Å². The fourth-order valence-corrected chi connectivity index (χ4v) is 2.71. The van der Waals surface area contributed by atoms with E-state index in [0.29, 0.717) is 17.9 Å². The van der Waals surface area contributed by atoms with E-state index in [2.05, 4.69) is 15.4 Å². The van der Waals surface area contributed by atoms with Crippen LogP contribution in [0.25, 0.3) is 5.65 Å². The number of hydrogen-bond acceptors (Lipinski definition) is 5. The summed E-state index contributed by atoms with van der Waals surface area (Å²) in [6, 6.07) is 13.4. The molecule has 0 unspecified atom stereocenters.